The maximum Gasteiger partial charge on any atom is 0.0814 e. The number of nitrogens with one attached hydrogen (secondary N) is 1. The number of hydrogen-bond donors (Lipinski definition) is 1. The molecule has 0 aromatic heterocycles. The van der Waals surface area contributed by atoms with Crippen LogP contribution >= 0.6 is 0 Å². The summed E-state index contributed by atoms with van der Waals surface area (Å²) in [6.07, 6.45) is 1.28. The maximum absolute atomic E-state index is 5.84. The van der Waals surface area contributed by atoms with E-state index in [9.17, 15) is 0 Å². The SMILES string of the molecule is CCCNC(c1ccc(C)c(C)c1)C(OC)C(C)(C)C. The highest BCUT2D eigenvalue weighted by molar-refractivity contribution is 5.32. The fourth-order valence-electron chi connectivity index (χ4n) is 2.65. The molecule has 2 nitrogen and oxygen atoms in total. The second-order valence-corrected chi connectivity index (χ2v) is 6.80. The van der Waals surface area contributed by atoms with Gasteiger partial charge in [0.25, 0.3) is 0 Å². The van der Waals surface area contributed by atoms with Crippen molar-refractivity contribution in [3.05, 3.63) is 34.9 Å². The van der Waals surface area contributed by atoms with Gasteiger partial charge >= 0.3 is 0 Å². The molecule has 114 valence electrons. The van der Waals surface area contributed by atoms with Crippen LogP contribution in [0.3, 0.4) is 0 Å². The summed E-state index contributed by atoms with van der Waals surface area (Å²) in [4.78, 5) is 0. The summed E-state index contributed by atoms with van der Waals surface area (Å²) in [5, 5.41) is 3.66. The Hall–Kier alpha value is -0.860. The molecule has 1 aromatic rings. The van der Waals surface area contributed by atoms with Crippen molar-refractivity contribution in [2.75, 3.05) is 13.7 Å². The maximum atomic E-state index is 5.84. The van der Waals surface area contributed by atoms with Crippen LogP contribution in [0.25, 0.3) is 0 Å². The van der Waals surface area contributed by atoms with Gasteiger partial charge in [0.2, 0.25) is 0 Å². The van der Waals surface area contributed by atoms with Gasteiger partial charge in [0.1, 0.15) is 0 Å². The minimum absolute atomic E-state index is 0.0962. The van der Waals surface area contributed by atoms with Crippen molar-refractivity contribution in [2.24, 2.45) is 5.41 Å². The molecule has 20 heavy (non-hydrogen) atoms. The quantitative estimate of drug-likeness (QED) is 0.832. The monoisotopic (exact) mass is 277 g/mol. The molecule has 1 aromatic carbocycles. The van der Waals surface area contributed by atoms with Gasteiger partial charge in [0.15, 0.2) is 0 Å². The van der Waals surface area contributed by atoms with E-state index in [1.807, 2.05) is 7.11 Å². The first kappa shape index (κ1) is 17.2. The molecule has 0 radical (unpaired) electrons. The summed E-state index contributed by atoms with van der Waals surface area (Å²) in [6.45, 7) is 14.3. The van der Waals surface area contributed by atoms with Crippen molar-refractivity contribution >= 4 is 0 Å². The van der Waals surface area contributed by atoms with Gasteiger partial charge in [0.05, 0.1) is 12.1 Å². The molecule has 0 aliphatic rings. The summed E-state index contributed by atoms with van der Waals surface area (Å²) in [5.74, 6) is 0. The minimum atomic E-state index is 0.0962. The lowest BCUT2D eigenvalue weighted by Gasteiger charge is -2.37. The molecule has 0 aliphatic heterocycles. The molecule has 1 rings (SSSR count). The van der Waals surface area contributed by atoms with Crippen molar-refractivity contribution < 1.29 is 4.74 Å². The van der Waals surface area contributed by atoms with Crippen molar-refractivity contribution in [1.82, 2.24) is 5.32 Å². The van der Waals surface area contributed by atoms with E-state index in [0.717, 1.165) is 13.0 Å². The van der Waals surface area contributed by atoms with E-state index in [1.165, 1.54) is 16.7 Å². The Kier molecular flexibility index (Phi) is 6.22. The minimum Gasteiger partial charge on any atom is -0.379 e. The van der Waals surface area contributed by atoms with Crippen LogP contribution in [0.4, 0.5) is 0 Å². The third kappa shape index (κ3) is 4.32. The van der Waals surface area contributed by atoms with E-state index in [4.69, 9.17) is 4.74 Å². The van der Waals surface area contributed by atoms with Crippen LogP contribution in [0.5, 0.6) is 0 Å². The summed E-state index contributed by atoms with van der Waals surface area (Å²) < 4.78 is 5.84. The number of ether oxygens (including phenoxy) is 1. The average molecular weight is 277 g/mol. The fraction of sp³-hybridized carbons (Fsp3) is 0.667. The van der Waals surface area contributed by atoms with Crippen LogP contribution in [0, 0.1) is 19.3 Å². The molecule has 2 unspecified atom stereocenters. The van der Waals surface area contributed by atoms with Crippen LogP contribution in [0.1, 0.15) is 56.8 Å². The van der Waals surface area contributed by atoms with Gasteiger partial charge in [-0.3, -0.25) is 0 Å². The lowest BCUT2D eigenvalue weighted by molar-refractivity contribution is -0.0119. The third-order valence-corrected chi connectivity index (χ3v) is 3.91. The van der Waals surface area contributed by atoms with Gasteiger partial charge in [-0.1, -0.05) is 45.9 Å². The zero-order valence-electron chi connectivity index (χ0n) is 14.2. The number of rotatable bonds is 6. The van der Waals surface area contributed by atoms with Crippen LogP contribution in [0.15, 0.2) is 18.2 Å². The van der Waals surface area contributed by atoms with E-state index in [0.29, 0.717) is 0 Å². The first-order chi connectivity index (χ1) is 9.31. The highest BCUT2D eigenvalue weighted by Gasteiger charge is 2.33. The molecule has 0 saturated heterocycles. The predicted octanol–water partition coefficient (Wildman–Crippen LogP) is 4.41. The Morgan fingerprint density at radius 1 is 1.15 bits per heavy atom. The predicted molar refractivity (Wildman–Crippen MR) is 87.2 cm³/mol. The van der Waals surface area contributed by atoms with Crippen molar-refractivity contribution in [3.8, 4) is 0 Å². The fourth-order valence-corrected chi connectivity index (χ4v) is 2.65. The summed E-state index contributed by atoms with van der Waals surface area (Å²) in [7, 11) is 1.82. The van der Waals surface area contributed by atoms with Crippen LogP contribution < -0.4 is 5.32 Å². The standard InChI is InChI=1S/C18H31NO/c1-8-11-19-16(17(20-7)18(4,5)6)15-10-9-13(2)14(3)12-15/h9-10,12,16-17,19H,8,11H2,1-7H3. The molecule has 0 saturated carbocycles. The lowest BCUT2D eigenvalue weighted by atomic mass is 9.81. The summed E-state index contributed by atoms with van der Waals surface area (Å²) >= 11 is 0. The Morgan fingerprint density at radius 3 is 2.25 bits per heavy atom. The Bertz CT molecular complexity index is 420. The molecule has 0 fully saturated rings. The van der Waals surface area contributed by atoms with Gasteiger partial charge in [-0.15, -0.1) is 0 Å². The summed E-state index contributed by atoms with van der Waals surface area (Å²) in [5.41, 5.74) is 4.10. The molecule has 2 atom stereocenters. The number of methoxy groups -OCH3 is 1. The molecular weight excluding hydrogens is 246 g/mol. The van der Waals surface area contributed by atoms with E-state index >= 15 is 0 Å². The van der Waals surface area contributed by atoms with Crippen LogP contribution in [-0.4, -0.2) is 19.8 Å². The van der Waals surface area contributed by atoms with Gasteiger partial charge in [0, 0.05) is 7.11 Å². The summed E-state index contributed by atoms with van der Waals surface area (Å²) in [6, 6.07) is 6.97. The molecule has 0 spiro atoms. The van der Waals surface area contributed by atoms with E-state index < -0.39 is 0 Å². The normalized spacial score (nSPS) is 15.2. The highest BCUT2D eigenvalue weighted by Crippen LogP contribution is 2.33. The van der Waals surface area contributed by atoms with Crippen LogP contribution in [0.2, 0.25) is 0 Å². The van der Waals surface area contributed by atoms with Gasteiger partial charge < -0.3 is 10.1 Å². The third-order valence-electron chi connectivity index (χ3n) is 3.91. The largest absolute Gasteiger partial charge is 0.379 e. The molecule has 0 heterocycles. The lowest BCUT2D eigenvalue weighted by Crippen LogP contribution is -2.41. The zero-order chi connectivity index (χ0) is 15.3. The van der Waals surface area contributed by atoms with Gasteiger partial charge in [-0.05, 0) is 48.9 Å². The number of benzene rings is 1. The molecule has 0 aliphatic carbocycles. The van der Waals surface area contributed by atoms with Gasteiger partial charge in [-0.2, -0.15) is 0 Å². The first-order valence-corrected chi connectivity index (χ1v) is 7.64. The number of aryl methyl sites for hydroxylation is 2. The molecule has 0 bridgehead atoms. The molecule has 0 amide bonds. The Balaban J connectivity index is 3.12. The Morgan fingerprint density at radius 2 is 1.80 bits per heavy atom. The average Bonchev–Trinajstić information content (AvgIpc) is 2.36. The molecule has 2 heteroatoms. The van der Waals surface area contributed by atoms with E-state index in [1.54, 1.807) is 0 Å². The van der Waals surface area contributed by atoms with E-state index in [2.05, 4.69) is 65.1 Å². The van der Waals surface area contributed by atoms with Crippen molar-refractivity contribution in [2.45, 2.75) is 60.1 Å². The smallest absolute Gasteiger partial charge is 0.0814 e. The van der Waals surface area contributed by atoms with Crippen molar-refractivity contribution in [1.29, 1.82) is 0 Å². The topological polar surface area (TPSA) is 21.3 Å². The van der Waals surface area contributed by atoms with E-state index in [-0.39, 0.29) is 17.6 Å². The molecular formula is C18H31NO. The second kappa shape index (κ2) is 7.24. The van der Waals surface area contributed by atoms with Crippen molar-refractivity contribution in [3.63, 3.8) is 0 Å². The van der Waals surface area contributed by atoms with Gasteiger partial charge in [-0.25, -0.2) is 0 Å². The first-order valence-electron chi connectivity index (χ1n) is 7.64. The zero-order valence-corrected chi connectivity index (χ0v) is 14.2. The Labute approximate surface area is 124 Å². The highest BCUT2D eigenvalue weighted by atomic mass is 16.5. The number of hydrogen-bond acceptors (Lipinski definition) is 2. The second-order valence-electron chi connectivity index (χ2n) is 6.80. The van der Waals surface area contributed by atoms with Crippen LogP contribution in [-0.2, 0) is 4.74 Å². The molecule has 1 N–H and O–H groups in total.